The maximum absolute atomic E-state index is 13.5. The van der Waals surface area contributed by atoms with Crippen LogP contribution in [0, 0.1) is 0 Å². The summed E-state index contributed by atoms with van der Waals surface area (Å²) in [6.07, 6.45) is -0.398. The van der Waals surface area contributed by atoms with Crippen molar-refractivity contribution in [2.24, 2.45) is 0 Å². The van der Waals surface area contributed by atoms with E-state index in [1.165, 1.54) is 0 Å². The van der Waals surface area contributed by atoms with Crippen molar-refractivity contribution in [3.05, 3.63) is 70.2 Å². The Balaban J connectivity index is 1.95. The summed E-state index contributed by atoms with van der Waals surface area (Å²) in [5.74, 6) is 2.12. The molecule has 4 rings (SSSR count). The van der Waals surface area contributed by atoms with Crippen molar-refractivity contribution >= 4 is 27.7 Å². The molecule has 0 saturated heterocycles. The number of ether oxygens (including phenoxy) is 4. The van der Waals surface area contributed by atoms with Crippen molar-refractivity contribution in [3.63, 3.8) is 0 Å². The zero-order valence-electron chi connectivity index (χ0n) is 20.8. The summed E-state index contributed by atoms with van der Waals surface area (Å²) in [7, 11) is 4.92. The van der Waals surface area contributed by atoms with Gasteiger partial charge >= 0.3 is 6.09 Å². The van der Waals surface area contributed by atoms with Gasteiger partial charge in [-0.2, -0.15) is 0 Å². The standard InChI is InChI=1S/C28H30BrNO5/c1-28(2,3)35-27(31)30-16-21(17-7-11-19(32-4)12-8-17)25-22(29)15-23(34-6)24(26(25)30)18-9-13-20(33-5)14-10-18/h7-15,21H,16H2,1-6H3. The third kappa shape index (κ3) is 4.96. The van der Waals surface area contributed by atoms with E-state index in [9.17, 15) is 4.79 Å². The van der Waals surface area contributed by atoms with Crippen LogP contribution in [-0.2, 0) is 4.74 Å². The van der Waals surface area contributed by atoms with E-state index in [-0.39, 0.29) is 5.92 Å². The van der Waals surface area contributed by atoms with Crippen LogP contribution in [0.2, 0.25) is 0 Å². The van der Waals surface area contributed by atoms with Gasteiger partial charge in [0.1, 0.15) is 22.8 Å². The summed E-state index contributed by atoms with van der Waals surface area (Å²) in [6.45, 7) is 6.05. The number of halogens is 1. The molecule has 0 N–H and O–H groups in total. The quantitative estimate of drug-likeness (QED) is 0.348. The van der Waals surface area contributed by atoms with Gasteiger partial charge in [-0.25, -0.2) is 4.79 Å². The van der Waals surface area contributed by atoms with Gasteiger partial charge in [0.25, 0.3) is 0 Å². The van der Waals surface area contributed by atoms with Gasteiger partial charge in [0.2, 0.25) is 0 Å². The number of fused-ring (bicyclic) bond motifs is 1. The van der Waals surface area contributed by atoms with E-state index in [2.05, 4.69) is 15.9 Å². The third-order valence-corrected chi connectivity index (χ3v) is 6.62. The highest BCUT2D eigenvalue weighted by atomic mass is 79.9. The topological polar surface area (TPSA) is 57.2 Å². The molecule has 3 aromatic carbocycles. The summed E-state index contributed by atoms with van der Waals surface area (Å²) >= 11 is 3.77. The fourth-order valence-corrected chi connectivity index (χ4v) is 5.07. The lowest BCUT2D eigenvalue weighted by Gasteiger charge is -2.27. The molecule has 35 heavy (non-hydrogen) atoms. The first-order chi connectivity index (χ1) is 16.7. The number of carbonyl (C=O) groups excluding carboxylic acids is 1. The van der Waals surface area contributed by atoms with Crippen LogP contribution < -0.4 is 19.1 Å². The number of hydrogen-bond donors (Lipinski definition) is 0. The van der Waals surface area contributed by atoms with Gasteiger partial charge < -0.3 is 18.9 Å². The predicted octanol–water partition coefficient (Wildman–Crippen LogP) is 7.03. The van der Waals surface area contributed by atoms with Crippen molar-refractivity contribution in [3.8, 4) is 28.4 Å². The minimum absolute atomic E-state index is 0.0688. The number of nitrogens with zero attached hydrogens (tertiary/aromatic N) is 1. The average molecular weight is 540 g/mol. The number of anilines is 1. The van der Waals surface area contributed by atoms with Gasteiger partial charge in [-0.3, -0.25) is 4.90 Å². The van der Waals surface area contributed by atoms with Crippen molar-refractivity contribution in [1.82, 2.24) is 0 Å². The third-order valence-electron chi connectivity index (χ3n) is 5.97. The smallest absolute Gasteiger partial charge is 0.414 e. The highest BCUT2D eigenvalue weighted by Crippen LogP contribution is 2.53. The fraction of sp³-hybridized carbons (Fsp3) is 0.321. The Hall–Kier alpha value is -3.19. The zero-order valence-corrected chi connectivity index (χ0v) is 22.4. The summed E-state index contributed by atoms with van der Waals surface area (Å²) in [6, 6.07) is 17.7. The molecule has 0 aromatic heterocycles. The zero-order chi connectivity index (χ0) is 25.3. The number of methoxy groups -OCH3 is 3. The van der Waals surface area contributed by atoms with Crippen LogP contribution >= 0.6 is 15.9 Å². The molecule has 1 aliphatic rings. The van der Waals surface area contributed by atoms with Crippen molar-refractivity contribution in [2.45, 2.75) is 32.3 Å². The predicted molar refractivity (Wildman–Crippen MR) is 141 cm³/mol. The van der Waals surface area contributed by atoms with Crippen LogP contribution in [0.3, 0.4) is 0 Å². The van der Waals surface area contributed by atoms with Crippen LogP contribution in [-0.4, -0.2) is 39.6 Å². The van der Waals surface area contributed by atoms with Gasteiger partial charge in [0, 0.05) is 28.1 Å². The first kappa shape index (κ1) is 24.9. The van der Waals surface area contributed by atoms with Crippen LogP contribution in [0.15, 0.2) is 59.1 Å². The molecule has 1 atom stereocenters. The minimum atomic E-state index is -0.633. The molecule has 0 fully saturated rings. The molecular formula is C28H30BrNO5. The molecule has 1 unspecified atom stereocenters. The van der Waals surface area contributed by atoms with Crippen LogP contribution in [0.5, 0.6) is 17.2 Å². The molecule has 7 heteroatoms. The summed E-state index contributed by atoms with van der Waals surface area (Å²) in [5, 5.41) is 0. The second kappa shape index (κ2) is 9.82. The molecule has 1 heterocycles. The Bertz CT molecular complexity index is 1220. The second-order valence-electron chi connectivity index (χ2n) is 9.34. The number of rotatable bonds is 5. The lowest BCUT2D eigenvalue weighted by atomic mass is 9.90. The van der Waals surface area contributed by atoms with E-state index in [1.54, 1.807) is 26.2 Å². The SMILES string of the molecule is COc1ccc(-c2c(OC)cc(Br)c3c2N(C(=O)OC(C)(C)C)CC3c2ccc(OC)cc2)cc1. The van der Waals surface area contributed by atoms with E-state index >= 15 is 0 Å². The molecule has 1 amide bonds. The summed E-state index contributed by atoms with van der Waals surface area (Å²) < 4.78 is 23.2. The molecule has 0 saturated carbocycles. The number of amides is 1. The minimum Gasteiger partial charge on any atom is -0.497 e. The lowest BCUT2D eigenvalue weighted by molar-refractivity contribution is 0.0583. The second-order valence-corrected chi connectivity index (χ2v) is 10.2. The summed E-state index contributed by atoms with van der Waals surface area (Å²) in [5.41, 5.74) is 3.96. The lowest BCUT2D eigenvalue weighted by Crippen LogP contribution is -2.36. The number of hydrogen-bond acceptors (Lipinski definition) is 5. The molecule has 0 aliphatic carbocycles. The van der Waals surface area contributed by atoms with Gasteiger partial charge in [-0.15, -0.1) is 0 Å². The van der Waals surface area contributed by atoms with Crippen molar-refractivity contribution in [1.29, 1.82) is 0 Å². The average Bonchev–Trinajstić information content (AvgIpc) is 3.24. The van der Waals surface area contributed by atoms with Crippen LogP contribution in [0.25, 0.3) is 11.1 Å². The maximum Gasteiger partial charge on any atom is 0.414 e. The maximum atomic E-state index is 13.5. The molecule has 3 aromatic rings. The van der Waals surface area contributed by atoms with Gasteiger partial charge in [-0.05, 0) is 62.2 Å². The Kier molecular flexibility index (Phi) is 6.99. The fourth-order valence-electron chi connectivity index (χ4n) is 4.40. The molecule has 0 radical (unpaired) electrons. The molecular weight excluding hydrogens is 510 g/mol. The van der Waals surface area contributed by atoms with Gasteiger partial charge in [0.15, 0.2) is 0 Å². The molecule has 6 nitrogen and oxygen atoms in total. The molecule has 184 valence electrons. The van der Waals surface area contributed by atoms with Crippen LogP contribution in [0.1, 0.15) is 37.8 Å². The Morgan fingerprint density at radius 3 is 2.00 bits per heavy atom. The number of carbonyl (C=O) groups is 1. The Morgan fingerprint density at radius 1 is 0.914 bits per heavy atom. The Labute approximate surface area is 214 Å². The highest BCUT2D eigenvalue weighted by Gasteiger charge is 2.40. The van der Waals surface area contributed by atoms with E-state index in [0.717, 1.165) is 43.9 Å². The van der Waals surface area contributed by atoms with Crippen molar-refractivity contribution < 1.29 is 23.7 Å². The highest BCUT2D eigenvalue weighted by molar-refractivity contribution is 9.10. The summed E-state index contributed by atoms with van der Waals surface area (Å²) in [4.78, 5) is 15.2. The van der Waals surface area contributed by atoms with Gasteiger partial charge in [-0.1, -0.05) is 40.2 Å². The normalized spacial score (nSPS) is 14.9. The van der Waals surface area contributed by atoms with E-state index in [4.69, 9.17) is 18.9 Å². The van der Waals surface area contributed by atoms with Crippen molar-refractivity contribution in [2.75, 3.05) is 32.8 Å². The first-order valence-electron chi connectivity index (χ1n) is 11.4. The molecule has 1 aliphatic heterocycles. The van der Waals surface area contributed by atoms with E-state index in [1.807, 2.05) is 75.4 Å². The van der Waals surface area contributed by atoms with E-state index in [0.29, 0.717) is 12.3 Å². The van der Waals surface area contributed by atoms with E-state index < -0.39 is 11.7 Å². The molecule has 0 bridgehead atoms. The first-order valence-corrected chi connectivity index (χ1v) is 12.2. The Morgan fingerprint density at radius 2 is 1.49 bits per heavy atom. The van der Waals surface area contributed by atoms with Gasteiger partial charge in [0.05, 0.1) is 27.0 Å². The monoisotopic (exact) mass is 539 g/mol. The molecule has 0 spiro atoms. The number of benzene rings is 3. The van der Waals surface area contributed by atoms with Crippen LogP contribution in [0.4, 0.5) is 10.5 Å². The largest absolute Gasteiger partial charge is 0.497 e.